The Morgan fingerprint density at radius 3 is 2.55 bits per heavy atom. The average Bonchev–Trinajstić information content (AvgIpc) is 3.37. The normalized spacial score (nSPS) is 15.8. The first kappa shape index (κ1) is 23.5. The third-order valence-electron chi connectivity index (χ3n) is 6.16. The molecule has 0 aliphatic carbocycles. The molecule has 4 rings (SSSR count). The van der Waals surface area contributed by atoms with Crippen molar-refractivity contribution < 1.29 is 9.53 Å². The predicted molar refractivity (Wildman–Crippen MR) is 136 cm³/mol. The van der Waals surface area contributed by atoms with Crippen LogP contribution in [-0.4, -0.2) is 37.5 Å². The molecule has 0 bridgehead atoms. The van der Waals surface area contributed by atoms with Crippen LogP contribution in [0.4, 0.5) is 5.69 Å². The first-order valence-corrected chi connectivity index (χ1v) is 12.6. The molecule has 3 aromatic rings. The Morgan fingerprint density at radius 2 is 1.82 bits per heavy atom. The van der Waals surface area contributed by atoms with Crippen molar-refractivity contribution in [2.45, 2.75) is 31.9 Å². The van der Waals surface area contributed by atoms with Crippen LogP contribution in [0, 0.1) is 5.92 Å². The van der Waals surface area contributed by atoms with E-state index >= 15 is 0 Å². The molecule has 1 fully saturated rings. The second kappa shape index (κ2) is 12.0. The van der Waals surface area contributed by atoms with Gasteiger partial charge in [0.05, 0.1) is 5.69 Å². The molecule has 0 radical (unpaired) electrons. The molecule has 1 aliphatic rings. The van der Waals surface area contributed by atoms with Crippen LogP contribution in [0.25, 0.3) is 0 Å². The van der Waals surface area contributed by atoms with Crippen LogP contribution in [0.1, 0.15) is 35.8 Å². The number of carbonyl (C=O) groups excluding carboxylic acids is 1. The molecule has 2 heterocycles. The van der Waals surface area contributed by atoms with Gasteiger partial charge in [-0.25, -0.2) is 0 Å². The summed E-state index contributed by atoms with van der Waals surface area (Å²) in [6.45, 7) is 3.73. The second-order valence-electron chi connectivity index (χ2n) is 8.52. The van der Waals surface area contributed by atoms with E-state index in [9.17, 15) is 4.79 Å². The highest BCUT2D eigenvalue weighted by atomic mass is 32.1. The molecule has 174 valence electrons. The molecule has 6 heteroatoms. The zero-order valence-electron chi connectivity index (χ0n) is 19.2. The fourth-order valence-corrected chi connectivity index (χ4v) is 5.02. The zero-order chi connectivity index (χ0) is 22.9. The van der Waals surface area contributed by atoms with Crippen molar-refractivity contribution in [3.05, 3.63) is 82.6 Å². The van der Waals surface area contributed by atoms with Crippen molar-refractivity contribution in [3.63, 3.8) is 0 Å². The van der Waals surface area contributed by atoms with Crippen molar-refractivity contribution in [1.29, 1.82) is 0 Å². The van der Waals surface area contributed by atoms with E-state index in [1.165, 1.54) is 4.88 Å². The minimum atomic E-state index is -0.0859. The van der Waals surface area contributed by atoms with Crippen LogP contribution in [0.5, 0.6) is 5.75 Å². The highest BCUT2D eigenvalue weighted by Crippen LogP contribution is 2.32. The molecule has 2 aromatic carbocycles. The number of ether oxygens (including phenoxy) is 1. The van der Waals surface area contributed by atoms with Gasteiger partial charge in [0.1, 0.15) is 11.9 Å². The van der Waals surface area contributed by atoms with E-state index in [-0.39, 0.29) is 17.9 Å². The molecule has 1 atom stereocenters. The lowest BCUT2D eigenvalue weighted by Gasteiger charge is -2.31. The molecular weight excluding hydrogens is 430 g/mol. The number of para-hydroxylation sites is 2. The van der Waals surface area contributed by atoms with Gasteiger partial charge in [-0.15, -0.1) is 11.3 Å². The first-order valence-electron chi connectivity index (χ1n) is 11.7. The zero-order valence-corrected chi connectivity index (χ0v) is 20.0. The summed E-state index contributed by atoms with van der Waals surface area (Å²) in [5, 5.41) is 8.49. The van der Waals surface area contributed by atoms with Gasteiger partial charge in [-0.1, -0.05) is 48.5 Å². The van der Waals surface area contributed by atoms with Gasteiger partial charge in [0.25, 0.3) is 0 Å². The highest BCUT2D eigenvalue weighted by Gasteiger charge is 2.26. The topological polar surface area (TPSA) is 53.6 Å². The van der Waals surface area contributed by atoms with Gasteiger partial charge in [0.2, 0.25) is 5.91 Å². The van der Waals surface area contributed by atoms with E-state index in [2.05, 4.69) is 45.2 Å². The quantitative estimate of drug-likeness (QED) is 0.427. The average molecular weight is 464 g/mol. The lowest BCUT2D eigenvalue weighted by atomic mass is 9.95. The number of nitrogens with zero attached hydrogens (tertiary/aromatic N) is 1. The minimum Gasteiger partial charge on any atom is -0.484 e. The SMILES string of the molecule is CNCCC(Oc1ccccc1NC(=O)C1CCN(Cc2cccs2)CC1)c1ccccc1. The number of amides is 1. The summed E-state index contributed by atoms with van der Waals surface area (Å²) in [6, 6.07) is 22.3. The maximum absolute atomic E-state index is 13.1. The summed E-state index contributed by atoms with van der Waals surface area (Å²) in [5.41, 5.74) is 1.88. The Balaban J connectivity index is 1.37. The maximum atomic E-state index is 13.1. The maximum Gasteiger partial charge on any atom is 0.227 e. The van der Waals surface area contributed by atoms with Crippen LogP contribution >= 0.6 is 11.3 Å². The van der Waals surface area contributed by atoms with Crippen LogP contribution in [-0.2, 0) is 11.3 Å². The van der Waals surface area contributed by atoms with E-state index in [0.717, 1.165) is 56.7 Å². The van der Waals surface area contributed by atoms with E-state index < -0.39 is 0 Å². The van der Waals surface area contributed by atoms with Gasteiger partial charge in [0.15, 0.2) is 0 Å². The molecule has 1 saturated heterocycles. The monoisotopic (exact) mass is 463 g/mol. The van der Waals surface area contributed by atoms with Crippen molar-refractivity contribution in [3.8, 4) is 5.75 Å². The molecule has 1 aromatic heterocycles. The molecule has 33 heavy (non-hydrogen) atoms. The second-order valence-corrected chi connectivity index (χ2v) is 9.56. The first-order chi connectivity index (χ1) is 16.2. The van der Waals surface area contributed by atoms with Crippen LogP contribution in [0.15, 0.2) is 72.1 Å². The number of benzene rings is 2. The molecule has 1 unspecified atom stereocenters. The van der Waals surface area contributed by atoms with E-state index in [1.807, 2.05) is 49.5 Å². The summed E-state index contributed by atoms with van der Waals surface area (Å²) in [7, 11) is 1.95. The predicted octanol–water partition coefficient (Wildman–Crippen LogP) is 5.33. The summed E-state index contributed by atoms with van der Waals surface area (Å²) < 4.78 is 6.44. The molecule has 0 saturated carbocycles. The molecule has 1 amide bonds. The van der Waals surface area contributed by atoms with E-state index in [0.29, 0.717) is 5.75 Å². The number of piperidine rings is 1. The fourth-order valence-electron chi connectivity index (χ4n) is 4.27. The molecule has 0 spiro atoms. The van der Waals surface area contributed by atoms with Crippen LogP contribution in [0.2, 0.25) is 0 Å². The van der Waals surface area contributed by atoms with E-state index in [1.54, 1.807) is 11.3 Å². The number of thiophene rings is 1. The number of hydrogen-bond donors (Lipinski definition) is 2. The van der Waals surface area contributed by atoms with Crippen molar-refractivity contribution in [2.24, 2.45) is 5.92 Å². The molecule has 2 N–H and O–H groups in total. The molecule has 1 aliphatic heterocycles. The largest absolute Gasteiger partial charge is 0.484 e. The summed E-state index contributed by atoms with van der Waals surface area (Å²) in [4.78, 5) is 16.9. The van der Waals surface area contributed by atoms with Gasteiger partial charge in [-0.2, -0.15) is 0 Å². The Labute approximate surface area is 200 Å². The Morgan fingerprint density at radius 1 is 1.06 bits per heavy atom. The smallest absolute Gasteiger partial charge is 0.227 e. The number of anilines is 1. The van der Waals surface area contributed by atoms with Crippen LogP contribution < -0.4 is 15.4 Å². The van der Waals surface area contributed by atoms with Gasteiger partial charge in [0, 0.05) is 23.8 Å². The Hall–Kier alpha value is -2.67. The highest BCUT2D eigenvalue weighted by molar-refractivity contribution is 7.09. The molecular formula is C27H33N3O2S. The lowest BCUT2D eigenvalue weighted by molar-refractivity contribution is -0.121. The van der Waals surface area contributed by atoms with Gasteiger partial charge in [-0.05, 0) is 68.7 Å². The Bertz CT molecular complexity index is 986. The number of likely N-dealkylation sites (tertiary alicyclic amines) is 1. The number of hydrogen-bond acceptors (Lipinski definition) is 5. The van der Waals surface area contributed by atoms with Gasteiger partial charge >= 0.3 is 0 Å². The lowest BCUT2D eigenvalue weighted by Crippen LogP contribution is -2.37. The summed E-state index contributed by atoms with van der Waals surface area (Å²) >= 11 is 1.80. The summed E-state index contributed by atoms with van der Waals surface area (Å²) in [5.74, 6) is 0.839. The standard InChI is InChI=1S/C27H33N3O2S/c1-28-16-13-25(21-8-3-2-4-9-21)32-26-12-6-5-11-24(26)29-27(31)22-14-17-30(18-15-22)20-23-10-7-19-33-23/h2-12,19,22,25,28H,13-18,20H2,1H3,(H,29,31). The van der Waals surface area contributed by atoms with Gasteiger partial charge < -0.3 is 15.4 Å². The van der Waals surface area contributed by atoms with Crippen molar-refractivity contribution in [1.82, 2.24) is 10.2 Å². The van der Waals surface area contributed by atoms with Crippen molar-refractivity contribution >= 4 is 22.9 Å². The van der Waals surface area contributed by atoms with Gasteiger partial charge in [-0.3, -0.25) is 9.69 Å². The minimum absolute atomic E-state index is 0.0341. The van der Waals surface area contributed by atoms with Crippen LogP contribution in [0.3, 0.4) is 0 Å². The van der Waals surface area contributed by atoms with E-state index in [4.69, 9.17) is 4.74 Å². The third-order valence-corrected chi connectivity index (χ3v) is 7.02. The van der Waals surface area contributed by atoms with Crippen molar-refractivity contribution in [2.75, 3.05) is 32.0 Å². The number of nitrogens with one attached hydrogen (secondary N) is 2. The molecule has 5 nitrogen and oxygen atoms in total. The third kappa shape index (κ3) is 6.67. The fraction of sp³-hybridized carbons (Fsp3) is 0.370. The number of rotatable bonds is 10. The number of carbonyl (C=O) groups is 1. The summed E-state index contributed by atoms with van der Waals surface area (Å²) in [6.07, 6.45) is 2.52. The Kier molecular flexibility index (Phi) is 8.53.